The smallest absolute Gasteiger partial charge is 0.254 e. The van der Waals surface area contributed by atoms with Crippen LogP contribution >= 0.6 is 11.6 Å². The molecule has 1 saturated carbocycles. The highest BCUT2D eigenvalue weighted by Gasteiger charge is 2.38. The maximum atomic E-state index is 13.4. The molecule has 26 heavy (non-hydrogen) atoms. The predicted molar refractivity (Wildman–Crippen MR) is 104 cm³/mol. The largest absolute Gasteiger partial charge is 0.339 e. The number of nitrogens with zero attached hydrogens (tertiary/aromatic N) is 2. The molecule has 3 fully saturated rings. The van der Waals surface area contributed by atoms with E-state index in [0.717, 1.165) is 61.2 Å². The zero-order chi connectivity index (χ0) is 17.7. The highest BCUT2D eigenvalue weighted by atomic mass is 35.5. The SMILES string of the molecule is O=C(c1cc(C2CC2)nc2ccc(Cl)cc12)N1CCC2(CCNC2)CC1. The van der Waals surface area contributed by atoms with Crippen LogP contribution in [-0.4, -0.2) is 42.0 Å². The molecule has 3 aliphatic rings. The van der Waals surface area contributed by atoms with Crippen LogP contribution in [0.2, 0.25) is 5.02 Å². The van der Waals surface area contributed by atoms with Crippen LogP contribution in [0.25, 0.3) is 10.9 Å². The third-order valence-corrected chi connectivity index (χ3v) is 6.70. The van der Waals surface area contributed by atoms with Gasteiger partial charge in [-0.2, -0.15) is 0 Å². The zero-order valence-corrected chi connectivity index (χ0v) is 15.7. The number of hydrogen-bond donors (Lipinski definition) is 1. The van der Waals surface area contributed by atoms with E-state index in [0.29, 0.717) is 16.4 Å². The number of hydrogen-bond acceptors (Lipinski definition) is 3. The molecular weight excluding hydrogens is 346 g/mol. The molecular formula is C21H24ClN3O. The van der Waals surface area contributed by atoms with Crippen LogP contribution in [0.3, 0.4) is 0 Å². The first-order valence-corrected chi connectivity index (χ1v) is 10.1. The minimum atomic E-state index is 0.141. The lowest BCUT2D eigenvalue weighted by Gasteiger charge is -2.39. The molecule has 0 radical (unpaired) electrons. The van der Waals surface area contributed by atoms with Crippen LogP contribution in [0.5, 0.6) is 0 Å². The molecule has 2 aliphatic heterocycles. The first-order chi connectivity index (χ1) is 12.6. The molecule has 1 N–H and O–H groups in total. The number of halogens is 1. The second-order valence-electron chi connectivity index (χ2n) is 8.25. The Labute approximate surface area is 158 Å². The number of nitrogens with one attached hydrogen (secondary N) is 1. The molecule has 1 aliphatic carbocycles. The Morgan fingerprint density at radius 3 is 2.69 bits per heavy atom. The van der Waals surface area contributed by atoms with Gasteiger partial charge in [0, 0.05) is 41.7 Å². The second kappa shape index (κ2) is 6.21. The Morgan fingerprint density at radius 2 is 2.00 bits per heavy atom. The van der Waals surface area contributed by atoms with Gasteiger partial charge in [-0.1, -0.05) is 11.6 Å². The van der Waals surface area contributed by atoms with Crippen molar-refractivity contribution in [3.05, 3.63) is 40.5 Å². The molecule has 0 bridgehead atoms. The minimum Gasteiger partial charge on any atom is -0.339 e. The minimum absolute atomic E-state index is 0.141. The Balaban J connectivity index is 1.47. The summed E-state index contributed by atoms with van der Waals surface area (Å²) in [6.07, 6.45) is 5.81. The van der Waals surface area contributed by atoms with Crippen LogP contribution in [0, 0.1) is 5.41 Å². The van der Waals surface area contributed by atoms with E-state index in [2.05, 4.69) is 5.32 Å². The molecule has 136 valence electrons. The summed E-state index contributed by atoms with van der Waals surface area (Å²) < 4.78 is 0. The van der Waals surface area contributed by atoms with Crippen molar-refractivity contribution in [3.8, 4) is 0 Å². The van der Waals surface area contributed by atoms with Gasteiger partial charge in [0.25, 0.3) is 5.91 Å². The predicted octanol–water partition coefficient (Wildman–Crippen LogP) is 3.98. The number of pyridine rings is 1. The molecule has 1 aromatic carbocycles. The van der Waals surface area contributed by atoms with E-state index in [1.165, 1.54) is 19.3 Å². The van der Waals surface area contributed by atoms with Gasteiger partial charge in [0.1, 0.15) is 0 Å². The van der Waals surface area contributed by atoms with Gasteiger partial charge in [0.05, 0.1) is 11.1 Å². The summed E-state index contributed by atoms with van der Waals surface area (Å²) in [6, 6.07) is 7.72. The number of piperidine rings is 1. The van der Waals surface area contributed by atoms with Crippen LogP contribution in [0.4, 0.5) is 0 Å². The van der Waals surface area contributed by atoms with E-state index in [1.807, 2.05) is 29.2 Å². The second-order valence-corrected chi connectivity index (χ2v) is 8.69. The molecule has 2 saturated heterocycles. The van der Waals surface area contributed by atoms with Crippen molar-refractivity contribution >= 4 is 28.4 Å². The summed E-state index contributed by atoms with van der Waals surface area (Å²) in [5.41, 5.74) is 3.15. The van der Waals surface area contributed by atoms with Crippen molar-refractivity contribution in [2.75, 3.05) is 26.2 Å². The van der Waals surface area contributed by atoms with Crippen molar-refractivity contribution in [3.63, 3.8) is 0 Å². The van der Waals surface area contributed by atoms with E-state index in [-0.39, 0.29) is 5.91 Å². The van der Waals surface area contributed by atoms with Gasteiger partial charge in [-0.3, -0.25) is 9.78 Å². The van der Waals surface area contributed by atoms with E-state index in [9.17, 15) is 4.79 Å². The quantitative estimate of drug-likeness (QED) is 0.870. The van der Waals surface area contributed by atoms with E-state index >= 15 is 0 Å². The van der Waals surface area contributed by atoms with Crippen molar-refractivity contribution in [1.82, 2.24) is 15.2 Å². The zero-order valence-electron chi connectivity index (χ0n) is 14.9. The fourth-order valence-electron chi connectivity index (χ4n) is 4.56. The van der Waals surface area contributed by atoms with E-state index in [1.54, 1.807) is 0 Å². The summed E-state index contributed by atoms with van der Waals surface area (Å²) in [4.78, 5) is 20.2. The Morgan fingerprint density at radius 1 is 1.19 bits per heavy atom. The maximum absolute atomic E-state index is 13.4. The molecule has 1 aromatic heterocycles. The number of fused-ring (bicyclic) bond motifs is 1. The summed E-state index contributed by atoms with van der Waals surface area (Å²) in [5.74, 6) is 0.665. The summed E-state index contributed by atoms with van der Waals surface area (Å²) in [5, 5.41) is 5.03. The van der Waals surface area contributed by atoms with Gasteiger partial charge in [-0.15, -0.1) is 0 Å². The summed E-state index contributed by atoms with van der Waals surface area (Å²) >= 11 is 6.22. The number of carbonyl (C=O) groups excluding carboxylic acids is 1. The van der Waals surface area contributed by atoms with Crippen LogP contribution in [0.1, 0.15) is 54.1 Å². The lowest BCUT2D eigenvalue weighted by atomic mass is 9.77. The Hall–Kier alpha value is -1.65. The average Bonchev–Trinajstić information content (AvgIpc) is 3.42. The topological polar surface area (TPSA) is 45.2 Å². The molecule has 5 rings (SSSR count). The number of rotatable bonds is 2. The van der Waals surface area contributed by atoms with Crippen molar-refractivity contribution in [1.29, 1.82) is 0 Å². The van der Waals surface area contributed by atoms with Crippen molar-refractivity contribution in [2.45, 2.75) is 38.0 Å². The van der Waals surface area contributed by atoms with Crippen LogP contribution in [0.15, 0.2) is 24.3 Å². The standard InChI is InChI=1S/C21H24ClN3O/c22-15-3-4-18-16(11-15)17(12-19(24-18)14-1-2-14)20(26)25-9-6-21(7-10-25)5-8-23-13-21/h3-4,11-12,14,23H,1-2,5-10,13H2. The van der Waals surface area contributed by atoms with Gasteiger partial charge in [-0.25, -0.2) is 0 Å². The number of likely N-dealkylation sites (tertiary alicyclic amines) is 1. The maximum Gasteiger partial charge on any atom is 0.254 e. The van der Waals surface area contributed by atoms with E-state index < -0.39 is 0 Å². The lowest BCUT2D eigenvalue weighted by molar-refractivity contribution is 0.0609. The van der Waals surface area contributed by atoms with Gasteiger partial charge in [0.2, 0.25) is 0 Å². The number of benzene rings is 1. The molecule has 2 aromatic rings. The molecule has 5 heteroatoms. The van der Waals surface area contributed by atoms with Gasteiger partial charge in [0.15, 0.2) is 0 Å². The monoisotopic (exact) mass is 369 g/mol. The number of aromatic nitrogens is 1. The van der Waals surface area contributed by atoms with Crippen LogP contribution in [-0.2, 0) is 0 Å². The molecule has 4 nitrogen and oxygen atoms in total. The first kappa shape index (κ1) is 16.5. The normalized spacial score (nSPS) is 22.3. The first-order valence-electron chi connectivity index (χ1n) is 9.74. The average molecular weight is 370 g/mol. The molecule has 0 atom stereocenters. The third kappa shape index (κ3) is 2.89. The van der Waals surface area contributed by atoms with Crippen molar-refractivity contribution in [2.24, 2.45) is 5.41 Å². The molecule has 1 spiro atoms. The number of amides is 1. The lowest BCUT2D eigenvalue weighted by Crippen LogP contribution is -2.44. The van der Waals surface area contributed by atoms with E-state index in [4.69, 9.17) is 16.6 Å². The fourth-order valence-corrected chi connectivity index (χ4v) is 4.73. The molecule has 1 amide bonds. The third-order valence-electron chi connectivity index (χ3n) is 6.46. The summed E-state index contributed by atoms with van der Waals surface area (Å²) in [6.45, 7) is 3.92. The van der Waals surface area contributed by atoms with Crippen LogP contribution < -0.4 is 5.32 Å². The molecule has 3 heterocycles. The highest BCUT2D eigenvalue weighted by Crippen LogP contribution is 2.41. The highest BCUT2D eigenvalue weighted by molar-refractivity contribution is 6.31. The Kier molecular flexibility index (Phi) is 3.94. The van der Waals surface area contributed by atoms with Gasteiger partial charge in [-0.05, 0) is 68.3 Å². The fraction of sp³-hybridized carbons (Fsp3) is 0.524. The van der Waals surface area contributed by atoms with Crippen molar-refractivity contribution < 1.29 is 4.79 Å². The van der Waals surface area contributed by atoms with Gasteiger partial charge >= 0.3 is 0 Å². The Bertz CT molecular complexity index is 861. The number of carbonyl (C=O) groups is 1. The summed E-state index contributed by atoms with van der Waals surface area (Å²) in [7, 11) is 0. The molecule has 0 unspecified atom stereocenters. The van der Waals surface area contributed by atoms with Gasteiger partial charge < -0.3 is 10.2 Å².